The number of para-hydroxylation sites is 2. The Morgan fingerprint density at radius 2 is 1.67 bits per heavy atom. The zero-order valence-corrected chi connectivity index (χ0v) is 17.5. The van der Waals surface area contributed by atoms with E-state index in [0.717, 1.165) is 17.0 Å². The lowest BCUT2D eigenvalue weighted by Crippen LogP contribution is -2.56. The van der Waals surface area contributed by atoms with Crippen molar-refractivity contribution in [3.63, 3.8) is 0 Å². The average Bonchev–Trinajstić information content (AvgIpc) is 2.82. The molecule has 1 unspecified atom stereocenters. The van der Waals surface area contributed by atoms with Gasteiger partial charge in [0.15, 0.2) is 0 Å². The fourth-order valence-corrected chi connectivity index (χ4v) is 3.65. The lowest BCUT2D eigenvalue weighted by Gasteiger charge is -2.38. The number of aliphatic hydroxyl groups excluding tert-OH is 1. The first-order valence-electron chi connectivity index (χ1n) is 10.2. The van der Waals surface area contributed by atoms with Crippen molar-refractivity contribution in [1.82, 2.24) is 10.2 Å². The van der Waals surface area contributed by atoms with Crippen molar-refractivity contribution in [2.75, 3.05) is 44.8 Å². The lowest BCUT2D eigenvalue weighted by atomic mass is 10.00. The monoisotopic (exact) mass is 411 g/mol. The Kier molecular flexibility index (Phi) is 7.30. The van der Waals surface area contributed by atoms with Crippen molar-refractivity contribution >= 4 is 17.5 Å². The Morgan fingerprint density at radius 1 is 1.03 bits per heavy atom. The van der Waals surface area contributed by atoms with Crippen LogP contribution in [-0.4, -0.2) is 67.8 Å². The van der Waals surface area contributed by atoms with Crippen LogP contribution in [0.25, 0.3) is 0 Å². The smallest absolute Gasteiger partial charge is 0.247 e. The van der Waals surface area contributed by atoms with E-state index in [1.54, 1.807) is 18.9 Å². The van der Waals surface area contributed by atoms with Crippen LogP contribution in [0.15, 0.2) is 54.6 Å². The number of rotatable bonds is 7. The van der Waals surface area contributed by atoms with Crippen molar-refractivity contribution in [2.24, 2.45) is 0 Å². The van der Waals surface area contributed by atoms with Gasteiger partial charge in [0.05, 0.1) is 25.3 Å². The van der Waals surface area contributed by atoms with Crippen LogP contribution >= 0.6 is 0 Å². The Balaban J connectivity index is 1.58. The number of piperazine rings is 1. The molecule has 0 saturated carbocycles. The van der Waals surface area contributed by atoms with E-state index >= 15 is 0 Å². The Bertz CT molecular complexity index is 851. The highest BCUT2D eigenvalue weighted by molar-refractivity contribution is 5.90. The highest BCUT2D eigenvalue weighted by Crippen LogP contribution is 2.28. The average molecular weight is 412 g/mol. The summed E-state index contributed by atoms with van der Waals surface area (Å²) in [6.45, 7) is 3.68. The van der Waals surface area contributed by atoms with Crippen LogP contribution in [0.4, 0.5) is 5.69 Å². The molecule has 2 amide bonds. The minimum absolute atomic E-state index is 0.259. The summed E-state index contributed by atoms with van der Waals surface area (Å²) in [5.74, 6) is -0.143. The van der Waals surface area contributed by atoms with E-state index in [9.17, 15) is 14.7 Å². The van der Waals surface area contributed by atoms with Crippen molar-refractivity contribution in [3.05, 3.63) is 60.2 Å². The van der Waals surface area contributed by atoms with E-state index in [-0.39, 0.29) is 11.8 Å². The highest BCUT2D eigenvalue weighted by Gasteiger charge is 2.30. The maximum atomic E-state index is 12.9. The van der Waals surface area contributed by atoms with Crippen LogP contribution < -0.4 is 15.0 Å². The minimum Gasteiger partial charge on any atom is -0.495 e. The number of nitrogens with one attached hydrogen (secondary N) is 1. The molecule has 2 atom stereocenters. The molecule has 2 aromatic carbocycles. The number of carbonyl (C=O) groups excluding carboxylic acids is 2. The number of ether oxygens (including phenoxy) is 1. The van der Waals surface area contributed by atoms with Gasteiger partial charge in [-0.3, -0.25) is 9.59 Å². The fourth-order valence-electron chi connectivity index (χ4n) is 3.65. The zero-order valence-electron chi connectivity index (χ0n) is 17.5. The van der Waals surface area contributed by atoms with Gasteiger partial charge in [-0.2, -0.15) is 0 Å². The summed E-state index contributed by atoms with van der Waals surface area (Å²) in [5, 5.41) is 12.4. The molecule has 0 bridgehead atoms. The molecule has 1 aliphatic rings. The molecular weight excluding hydrogens is 382 g/mol. The highest BCUT2D eigenvalue weighted by atomic mass is 16.5. The molecule has 2 aromatic rings. The van der Waals surface area contributed by atoms with Crippen molar-refractivity contribution < 1.29 is 19.4 Å². The topological polar surface area (TPSA) is 82.1 Å². The van der Waals surface area contributed by atoms with Crippen molar-refractivity contribution in [1.29, 1.82) is 0 Å². The minimum atomic E-state index is -0.943. The number of hydrogen-bond donors (Lipinski definition) is 2. The normalized spacial score (nSPS) is 16.0. The number of carbonyl (C=O) groups is 2. The van der Waals surface area contributed by atoms with Crippen LogP contribution in [0.2, 0.25) is 0 Å². The van der Waals surface area contributed by atoms with E-state index < -0.39 is 18.6 Å². The summed E-state index contributed by atoms with van der Waals surface area (Å²) in [7, 11) is 1.64. The molecule has 2 N–H and O–H groups in total. The number of benzene rings is 2. The molecule has 1 heterocycles. The standard InChI is InChI=1S/C23H29N3O4/c1-17(18-8-4-3-5-9-18)22(28)24-19(16-27)23(29)26-14-12-25(13-15-26)20-10-6-7-11-21(20)30-2/h3-11,17,19,27H,12-16H2,1-2H3,(H,24,28)/t17?,19-/m0/s1. The summed E-state index contributed by atoms with van der Waals surface area (Å²) in [6.07, 6.45) is 0. The van der Waals surface area contributed by atoms with Gasteiger partial charge < -0.3 is 25.0 Å². The third-order valence-electron chi connectivity index (χ3n) is 5.51. The van der Waals surface area contributed by atoms with Crippen LogP contribution in [0.1, 0.15) is 18.4 Å². The predicted octanol–water partition coefficient (Wildman–Crippen LogP) is 1.62. The second-order valence-electron chi connectivity index (χ2n) is 7.36. The summed E-state index contributed by atoms with van der Waals surface area (Å²) < 4.78 is 5.43. The van der Waals surface area contributed by atoms with Gasteiger partial charge >= 0.3 is 0 Å². The molecule has 160 valence electrons. The number of amides is 2. The summed E-state index contributed by atoms with van der Waals surface area (Å²) in [6, 6.07) is 16.2. The molecular formula is C23H29N3O4. The molecule has 7 nitrogen and oxygen atoms in total. The molecule has 0 aliphatic carbocycles. The van der Waals surface area contributed by atoms with Gasteiger partial charge in [-0.05, 0) is 24.6 Å². The van der Waals surface area contributed by atoms with Crippen LogP contribution in [0.3, 0.4) is 0 Å². The van der Waals surface area contributed by atoms with E-state index in [1.165, 1.54) is 0 Å². The third kappa shape index (κ3) is 4.91. The van der Waals surface area contributed by atoms with Crippen molar-refractivity contribution in [3.8, 4) is 5.75 Å². The first-order chi connectivity index (χ1) is 14.5. The summed E-state index contributed by atoms with van der Waals surface area (Å²) in [5.41, 5.74) is 1.86. The first-order valence-corrected chi connectivity index (χ1v) is 10.2. The van der Waals surface area contributed by atoms with Crippen LogP contribution in [0.5, 0.6) is 5.75 Å². The second kappa shape index (κ2) is 10.1. The van der Waals surface area contributed by atoms with Gasteiger partial charge in [-0.1, -0.05) is 42.5 Å². The maximum absolute atomic E-state index is 12.9. The van der Waals surface area contributed by atoms with Gasteiger partial charge in [-0.25, -0.2) is 0 Å². The Hall–Kier alpha value is -3.06. The quantitative estimate of drug-likeness (QED) is 0.724. The van der Waals surface area contributed by atoms with E-state index in [1.807, 2.05) is 54.6 Å². The molecule has 3 rings (SSSR count). The molecule has 7 heteroatoms. The molecule has 1 aliphatic heterocycles. The molecule has 30 heavy (non-hydrogen) atoms. The van der Waals surface area contributed by atoms with E-state index in [2.05, 4.69) is 10.2 Å². The molecule has 0 radical (unpaired) electrons. The third-order valence-corrected chi connectivity index (χ3v) is 5.51. The predicted molar refractivity (Wildman–Crippen MR) is 116 cm³/mol. The van der Waals surface area contributed by atoms with E-state index in [0.29, 0.717) is 26.2 Å². The Morgan fingerprint density at radius 3 is 2.30 bits per heavy atom. The first kappa shape index (κ1) is 21.6. The second-order valence-corrected chi connectivity index (χ2v) is 7.36. The lowest BCUT2D eigenvalue weighted by molar-refractivity contribution is -0.138. The number of nitrogens with zero attached hydrogens (tertiary/aromatic N) is 2. The van der Waals surface area contributed by atoms with Gasteiger partial charge in [0.25, 0.3) is 0 Å². The van der Waals surface area contributed by atoms with Crippen LogP contribution in [0, 0.1) is 0 Å². The van der Waals surface area contributed by atoms with Gasteiger partial charge in [-0.15, -0.1) is 0 Å². The molecule has 0 aromatic heterocycles. The van der Waals surface area contributed by atoms with Gasteiger partial charge in [0.1, 0.15) is 11.8 Å². The number of anilines is 1. The molecule has 0 spiro atoms. The maximum Gasteiger partial charge on any atom is 0.247 e. The van der Waals surface area contributed by atoms with Gasteiger partial charge in [0, 0.05) is 26.2 Å². The number of methoxy groups -OCH3 is 1. The SMILES string of the molecule is COc1ccccc1N1CCN(C(=O)[C@H](CO)NC(=O)C(C)c2ccccc2)CC1. The van der Waals surface area contributed by atoms with Gasteiger partial charge in [0.2, 0.25) is 11.8 Å². The number of aliphatic hydroxyl groups is 1. The Labute approximate surface area is 177 Å². The fraction of sp³-hybridized carbons (Fsp3) is 0.391. The van der Waals surface area contributed by atoms with Crippen LogP contribution in [-0.2, 0) is 9.59 Å². The molecule has 1 saturated heterocycles. The zero-order chi connectivity index (χ0) is 21.5. The number of hydrogen-bond acceptors (Lipinski definition) is 5. The summed E-state index contributed by atoms with van der Waals surface area (Å²) >= 11 is 0. The van der Waals surface area contributed by atoms with E-state index in [4.69, 9.17) is 4.74 Å². The molecule has 1 fully saturated rings. The van der Waals surface area contributed by atoms with Crippen molar-refractivity contribution in [2.45, 2.75) is 18.9 Å². The largest absolute Gasteiger partial charge is 0.495 e. The summed E-state index contributed by atoms with van der Waals surface area (Å²) in [4.78, 5) is 29.4.